The van der Waals surface area contributed by atoms with E-state index in [0.29, 0.717) is 10.6 Å². The Labute approximate surface area is 183 Å². The summed E-state index contributed by atoms with van der Waals surface area (Å²) >= 11 is 5.96. The molecule has 30 heavy (non-hydrogen) atoms. The van der Waals surface area contributed by atoms with Crippen molar-refractivity contribution >= 4 is 27.2 Å². The summed E-state index contributed by atoms with van der Waals surface area (Å²) in [6, 6.07) is 23.5. The lowest BCUT2D eigenvalue weighted by Crippen LogP contribution is -2.33. The maximum atomic E-state index is 13.3. The van der Waals surface area contributed by atoms with Crippen molar-refractivity contribution in [2.45, 2.75) is 11.8 Å². The van der Waals surface area contributed by atoms with E-state index in [1.165, 1.54) is 4.31 Å². The first-order chi connectivity index (χ1) is 14.4. The van der Waals surface area contributed by atoms with Crippen molar-refractivity contribution < 1.29 is 8.42 Å². The van der Waals surface area contributed by atoms with Gasteiger partial charge in [0, 0.05) is 17.1 Å². The summed E-state index contributed by atoms with van der Waals surface area (Å²) in [6.07, 6.45) is 0. The normalized spacial score (nSPS) is 11.0. The molecular weight excluding hydrogens is 414 g/mol. The lowest BCUT2D eigenvalue weighted by molar-refractivity contribution is 0.482. The Bertz CT molecular complexity index is 1170. The molecule has 0 bridgehead atoms. The van der Waals surface area contributed by atoms with Crippen LogP contribution in [0.2, 0.25) is 5.02 Å². The molecule has 0 saturated heterocycles. The minimum absolute atomic E-state index is 0.0533. The van der Waals surface area contributed by atoms with E-state index in [9.17, 15) is 8.42 Å². The van der Waals surface area contributed by atoms with Crippen molar-refractivity contribution in [3.05, 3.63) is 107 Å². The molecule has 0 aliphatic rings. The molecule has 0 aliphatic carbocycles. The van der Waals surface area contributed by atoms with Gasteiger partial charge in [-0.2, -0.15) is 4.31 Å². The first-order valence-electron chi connectivity index (χ1n) is 9.41. The molecule has 3 rings (SSSR count). The largest absolute Gasteiger partial charge is 0.244 e. The molecule has 0 amide bonds. The second kappa shape index (κ2) is 9.77. The quantitative estimate of drug-likeness (QED) is 0.486. The predicted octanol–water partition coefficient (Wildman–Crippen LogP) is 5.40. The zero-order valence-corrected chi connectivity index (χ0v) is 18.2. The molecule has 0 radical (unpaired) electrons. The predicted molar refractivity (Wildman–Crippen MR) is 124 cm³/mol. The molecule has 3 aromatic carbocycles. The molecule has 152 valence electrons. The Morgan fingerprint density at radius 2 is 1.60 bits per heavy atom. The molecule has 5 heteroatoms. The van der Waals surface area contributed by atoms with Crippen LogP contribution in [-0.2, 0) is 10.0 Å². The average Bonchev–Trinajstić information content (AvgIpc) is 2.74. The molecule has 3 nitrogen and oxygen atoms in total. The second-order valence-electron chi connectivity index (χ2n) is 6.86. The number of hydrogen-bond acceptors (Lipinski definition) is 2. The Hall–Kier alpha value is -2.84. The molecule has 0 N–H and O–H groups in total. The molecular formula is C25H22ClNO2S. The standard InChI is InChI=1S/C25H22ClNO2S/c1-20-10-16-25(17-11-20)30(28,29)27(18-6-9-22-7-4-3-5-8-22)19-21(2)23-12-14-24(26)15-13-23/h3-5,7-8,10-17H,2,18-19H2,1H3. The van der Waals surface area contributed by atoms with Crippen LogP contribution in [-0.4, -0.2) is 25.8 Å². The van der Waals surface area contributed by atoms with E-state index in [0.717, 1.165) is 16.7 Å². The van der Waals surface area contributed by atoms with E-state index < -0.39 is 10.0 Å². The van der Waals surface area contributed by atoms with Gasteiger partial charge in [0.15, 0.2) is 0 Å². The van der Waals surface area contributed by atoms with Crippen LogP contribution >= 0.6 is 11.6 Å². The number of rotatable bonds is 6. The Morgan fingerprint density at radius 1 is 0.967 bits per heavy atom. The molecule has 0 aromatic heterocycles. The van der Waals surface area contributed by atoms with Gasteiger partial charge in [-0.25, -0.2) is 8.42 Å². The zero-order valence-electron chi connectivity index (χ0n) is 16.7. The van der Waals surface area contributed by atoms with Crippen molar-refractivity contribution in [3.63, 3.8) is 0 Å². The number of sulfonamides is 1. The van der Waals surface area contributed by atoms with E-state index in [2.05, 4.69) is 18.4 Å². The summed E-state index contributed by atoms with van der Waals surface area (Å²) in [5.41, 5.74) is 3.33. The Morgan fingerprint density at radius 3 is 2.23 bits per heavy atom. The third kappa shape index (κ3) is 5.61. The minimum Gasteiger partial charge on any atom is -0.207 e. The number of halogens is 1. The van der Waals surface area contributed by atoms with Gasteiger partial charge in [-0.1, -0.05) is 78.0 Å². The van der Waals surface area contributed by atoms with Gasteiger partial charge in [0.25, 0.3) is 0 Å². The van der Waals surface area contributed by atoms with Crippen LogP contribution in [0.15, 0.2) is 90.3 Å². The van der Waals surface area contributed by atoms with Crippen molar-refractivity contribution in [1.82, 2.24) is 4.31 Å². The summed E-state index contributed by atoms with van der Waals surface area (Å²) in [5, 5.41) is 0.615. The highest BCUT2D eigenvalue weighted by Gasteiger charge is 2.24. The molecule has 0 spiro atoms. The Balaban J connectivity index is 1.89. The SMILES string of the molecule is C=C(CN(CC#Cc1ccccc1)S(=O)(=O)c1ccc(C)cc1)c1ccc(Cl)cc1. The van der Waals surface area contributed by atoms with Crippen LogP contribution in [0.25, 0.3) is 5.57 Å². The number of benzene rings is 3. The lowest BCUT2D eigenvalue weighted by atomic mass is 10.1. The van der Waals surface area contributed by atoms with Crippen molar-refractivity contribution in [1.29, 1.82) is 0 Å². The van der Waals surface area contributed by atoms with Crippen LogP contribution in [0.4, 0.5) is 0 Å². The minimum atomic E-state index is -3.74. The van der Waals surface area contributed by atoms with Gasteiger partial charge in [-0.3, -0.25) is 0 Å². The van der Waals surface area contributed by atoms with Gasteiger partial charge >= 0.3 is 0 Å². The van der Waals surface area contributed by atoms with Gasteiger partial charge in [-0.15, -0.1) is 0 Å². The van der Waals surface area contributed by atoms with Crippen molar-refractivity contribution in [3.8, 4) is 11.8 Å². The molecule has 0 saturated carbocycles. The van der Waals surface area contributed by atoms with Gasteiger partial charge in [0.1, 0.15) is 0 Å². The van der Waals surface area contributed by atoms with E-state index >= 15 is 0 Å². The molecule has 0 fully saturated rings. The molecule has 0 unspecified atom stereocenters. The van der Waals surface area contributed by atoms with Gasteiger partial charge in [-0.05, 0) is 54.5 Å². The van der Waals surface area contributed by atoms with E-state index in [-0.39, 0.29) is 18.0 Å². The van der Waals surface area contributed by atoms with Crippen LogP contribution in [0.1, 0.15) is 16.7 Å². The summed E-state index contributed by atoms with van der Waals surface area (Å²) in [4.78, 5) is 0.235. The maximum absolute atomic E-state index is 13.3. The van der Waals surface area contributed by atoms with E-state index in [4.69, 9.17) is 11.6 Å². The van der Waals surface area contributed by atoms with Crippen LogP contribution in [0, 0.1) is 18.8 Å². The average molecular weight is 436 g/mol. The fourth-order valence-corrected chi connectivity index (χ4v) is 4.29. The van der Waals surface area contributed by atoms with Crippen molar-refractivity contribution in [2.75, 3.05) is 13.1 Å². The highest BCUT2D eigenvalue weighted by molar-refractivity contribution is 7.89. The van der Waals surface area contributed by atoms with Crippen molar-refractivity contribution in [2.24, 2.45) is 0 Å². The lowest BCUT2D eigenvalue weighted by Gasteiger charge is -2.21. The van der Waals surface area contributed by atoms with E-state index in [1.807, 2.05) is 49.4 Å². The zero-order chi connectivity index (χ0) is 21.6. The first kappa shape index (κ1) is 21.9. The number of nitrogens with zero attached hydrogens (tertiary/aromatic N) is 1. The van der Waals surface area contributed by atoms with Gasteiger partial charge in [0.05, 0.1) is 11.4 Å². The third-order valence-corrected chi connectivity index (χ3v) is 6.60. The Kier molecular flexibility index (Phi) is 7.12. The summed E-state index contributed by atoms with van der Waals surface area (Å²) in [6.45, 7) is 6.18. The molecule has 0 aliphatic heterocycles. The highest BCUT2D eigenvalue weighted by atomic mass is 35.5. The van der Waals surface area contributed by atoms with Gasteiger partial charge in [0.2, 0.25) is 10.0 Å². The highest BCUT2D eigenvalue weighted by Crippen LogP contribution is 2.22. The third-order valence-electron chi connectivity index (χ3n) is 4.54. The second-order valence-corrected chi connectivity index (χ2v) is 9.24. The molecule has 0 heterocycles. The number of aryl methyl sites for hydroxylation is 1. The molecule has 0 atom stereocenters. The topological polar surface area (TPSA) is 37.4 Å². The summed E-state index contributed by atoms with van der Waals surface area (Å²) in [7, 11) is -3.74. The first-order valence-corrected chi connectivity index (χ1v) is 11.2. The smallest absolute Gasteiger partial charge is 0.207 e. The summed E-state index contributed by atoms with van der Waals surface area (Å²) in [5.74, 6) is 6.01. The van der Waals surface area contributed by atoms with Crippen LogP contribution in [0.5, 0.6) is 0 Å². The van der Waals surface area contributed by atoms with Crippen LogP contribution in [0.3, 0.4) is 0 Å². The fourth-order valence-electron chi connectivity index (χ4n) is 2.83. The fraction of sp³-hybridized carbons (Fsp3) is 0.120. The van der Waals surface area contributed by atoms with E-state index in [1.54, 1.807) is 36.4 Å². The monoisotopic (exact) mass is 435 g/mol. The molecule has 3 aromatic rings. The maximum Gasteiger partial charge on any atom is 0.244 e. The number of hydrogen-bond donors (Lipinski definition) is 0. The van der Waals surface area contributed by atoms with Gasteiger partial charge < -0.3 is 0 Å². The van der Waals surface area contributed by atoms with Crippen LogP contribution < -0.4 is 0 Å². The summed E-state index contributed by atoms with van der Waals surface area (Å²) < 4.78 is 28.0.